The summed E-state index contributed by atoms with van der Waals surface area (Å²) in [4.78, 5) is 23.2. The molecule has 0 atom stereocenters. The van der Waals surface area contributed by atoms with E-state index in [1.54, 1.807) is 24.3 Å². The summed E-state index contributed by atoms with van der Waals surface area (Å²) in [6.45, 7) is 1.32. The summed E-state index contributed by atoms with van der Waals surface area (Å²) in [7, 11) is 0. The normalized spacial score (nSPS) is 14.8. The molecule has 2 aromatic carbocycles. The number of allylic oxidation sites excluding steroid dienone is 3. The van der Waals surface area contributed by atoms with Crippen molar-refractivity contribution in [1.82, 2.24) is 0 Å². The van der Waals surface area contributed by atoms with E-state index in [-0.39, 0.29) is 11.5 Å². The fourth-order valence-corrected chi connectivity index (χ4v) is 2.22. The van der Waals surface area contributed by atoms with Gasteiger partial charge in [-0.25, -0.2) is 0 Å². The van der Waals surface area contributed by atoms with Gasteiger partial charge in [0.05, 0.1) is 5.56 Å². The van der Waals surface area contributed by atoms with E-state index in [0.29, 0.717) is 17.1 Å². The fraction of sp³-hybridized carbons (Fsp3) is 0.0526. The Morgan fingerprint density at radius 3 is 2.65 bits per heavy atom. The Balaban J connectivity index is 1.78. The number of Topliss-reactive ketones (excluding diaryl/α,β-unsaturated/α-hetero) is 1. The molecule has 3 rings (SSSR count). The van der Waals surface area contributed by atoms with Crippen LogP contribution in [0.25, 0.3) is 6.08 Å². The number of ether oxygens (including phenoxy) is 2. The van der Waals surface area contributed by atoms with Crippen LogP contribution in [0.15, 0.2) is 66.4 Å². The summed E-state index contributed by atoms with van der Waals surface area (Å²) in [6, 6.07) is 14.5. The van der Waals surface area contributed by atoms with E-state index >= 15 is 0 Å². The number of rotatable bonds is 3. The van der Waals surface area contributed by atoms with E-state index in [2.05, 4.69) is 0 Å². The Labute approximate surface area is 133 Å². The molecule has 4 nitrogen and oxygen atoms in total. The SMILES string of the molecule is CC(=O)Oc1ccc2c(c1)O/C(=C\C=C\c1ccccc1)C2=O. The average molecular weight is 306 g/mol. The summed E-state index contributed by atoms with van der Waals surface area (Å²) < 4.78 is 10.5. The van der Waals surface area contributed by atoms with Gasteiger partial charge in [0, 0.05) is 13.0 Å². The van der Waals surface area contributed by atoms with E-state index in [4.69, 9.17) is 9.47 Å². The van der Waals surface area contributed by atoms with Gasteiger partial charge in [-0.3, -0.25) is 9.59 Å². The molecule has 0 N–H and O–H groups in total. The van der Waals surface area contributed by atoms with Crippen LogP contribution in [0.1, 0.15) is 22.8 Å². The van der Waals surface area contributed by atoms with Gasteiger partial charge in [0.2, 0.25) is 5.78 Å². The highest BCUT2D eigenvalue weighted by Gasteiger charge is 2.27. The van der Waals surface area contributed by atoms with Crippen LogP contribution in [-0.4, -0.2) is 11.8 Å². The third kappa shape index (κ3) is 3.37. The zero-order valence-corrected chi connectivity index (χ0v) is 12.5. The highest BCUT2D eigenvalue weighted by Crippen LogP contribution is 2.34. The molecule has 114 valence electrons. The number of carbonyl (C=O) groups excluding carboxylic acids is 2. The molecule has 0 fully saturated rings. The lowest BCUT2D eigenvalue weighted by Gasteiger charge is -2.02. The molecule has 2 aromatic rings. The first-order chi connectivity index (χ1) is 11.1. The van der Waals surface area contributed by atoms with E-state index in [0.717, 1.165) is 5.56 Å². The van der Waals surface area contributed by atoms with Gasteiger partial charge >= 0.3 is 5.97 Å². The van der Waals surface area contributed by atoms with Crippen molar-refractivity contribution in [3.05, 3.63) is 77.6 Å². The number of benzene rings is 2. The Hall–Kier alpha value is -3.14. The van der Waals surface area contributed by atoms with E-state index in [9.17, 15) is 9.59 Å². The predicted octanol–water partition coefficient (Wildman–Crippen LogP) is 3.78. The van der Waals surface area contributed by atoms with Crippen molar-refractivity contribution in [2.45, 2.75) is 6.92 Å². The summed E-state index contributed by atoms with van der Waals surface area (Å²) in [6.07, 6.45) is 5.28. The minimum atomic E-state index is -0.421. The Kier molecular flexibility index (Phi) is 4.06. The largest absolute Gasteiger partial charge is 0.452 e. The van der Waals surface area contributed by atoms with Crippen molar-refractivity contribution in [3.63, 3.8) is 0 Å². The van der Waals surface area contributed by atoms with Crippen molar-refractivity contribution < 1.29 is 19.1 Å². The second-order valence-corrected chi connectivity index (χ2v) is 4.98. The van der Waals surface area contributed by atoms with Gasteiger partial charge in [0.25, 0.3) is 0 Å². The third-order valence-electron chi connectivity index (χ3n) is 3.24. The number of fused-ring (bicyclic) bond motifs is 1. The van der Waals surface area contributed by atoms with Crippen LogP contribution in [0.4, 0.5) is 0 Å². The average Bonchev–Trinajstić information content (AvgIpc) is 2.84. The zero-order valence-electron chi connectivity index (χ0n) is 12.5. The van der Waals surface area contributed by atoms with Crippen molar-refractivity contribution in [1.29, 1.82) is 0 Å². The quantitative estimate of drug-likeness (QED) is 0.492. The van der Waals surface area contributed by atoms with E-state index < -0.39 is 5.97 Å². The highest BCUT2D eigenvalue weighted by atomic mass is 16.5. The van der Waals surface area contributed by atoms with Gasteiger partial charge in [-0.2, -0.15) is 0 Å². The standard InChI is InChI=1S/C19H14O4/c1-13(20)22-15-10-11-16-18(12-15)23-17(19(16)21)9-5-8-14-6-3-2-4-7-14/h2-12H,1H3/b8-5+,17-9-. The van der Waals surface area contributed by atoms with Gasteiger partial charge in [-0.05, 0) is 23.8 Å². The van der Waals surface area contributed by atoms with E-state index in [1.165, 1.54) is 13.0 Å². The number of carbonyl (C=O) groups is 2. The first kappa shape index (κ1) is 14.8. The maximum absolute atomic E-state index is 12.2. The van der Waals surface area contributed by atoms with E-state index in [1.807, 2.05) is 36.4 Å². The molecule has 0 aliphatic carbocycles. The molecular formula is C19H14O4. The minimum Gasteiger partial charge on any atom is -0.452 e. The molecule has 0 amide bonds. The Morgan fingerprint density at radius 1 is 1.13 bits per heavy atom. The van der Waals surface area contributed by atoms with Crippen molar-refractivity contribution in [2.24, 2.45) is 0 Å². The second kappa shape index (κ2) is 6.32. The van der Waals surface area contributed by atoms with Crippen molar-refractivity contribution in [2.75, 3.05) is 0 Å². The number of esters is 1. The molecule has 1 aliphatic heterocycles. The predicted molar refractivity (Wildman–Crippen MR) is 86.3 cm³/mol. The maximum atomic E-state index is 12.2. The molecule has 0 spiro atoms. The van der Waals surface area contributed by atoms with Crippen LogP contribution in [0, 0.1) is 0 Å². The fourth-order valence-electron chi connectivity index (χ4n) is 2.22. The molecule has 0 bridgehead atoms. The smallest absolute Gasteiger partial charge is 0.308 e. The Morgan fingerprint density at radius 2 is 1.91 bits per heavy atom. The first-order valence-corrected chi connectivity index (χ1v) is 7.12. The third-order valence-corrected chi connectivity index (χ3v) is 3.24. The lowest BCUT2D eigenvalue weighted by Crippen LogP contribution is -2.01. The van der Waals surface area contributed by atoms with Crippen LogP contribution in [-0.2, 0) is 4.79 Å². The molecular weight excluding hydrogens is 292 g/mol. The second-order valence-electron chi connectivity index (χ2n) is 4.98. The van der Waals surface area contributed by atoms with Gasteiger partial charge in [0.15, 0.2) is 5.76 Å². The first-order valence-electron chi connectivity index (χ1n) is 7.12. The van der Waals surface area contributed by atoms with Gasteiger partial charge in [-0.1, -0.05) is 42.5 Å². The molecule has 1 heterocycles. The minimum absolute atomic E-state index is 0.188. The highest BCUT2D eigenvalue weighted by molar-refractivity contribution is 6.12. The van der Waals surface area contributed by atoms with Crippen LogP contribution in [0.5, 0.6) is 11.5 Å². The molecule has 0 saturated carbocycles. The summed E-state index contributed by atoms with van der Waals surface area (Å²) >= 11 is 0. The zero-order chi connectivity index (χ0) is 16.2. The maximum Gasteiger partial charge on any atom is 0.308 e. The van der Waals surface area contributed by atoms with Crippen LogP contribution < -0.4 is 9.47 Å². The number of hydrogen-bond acceptors (Lipinski definition) is 4. The summed E-state index contributed by atoms with van der Waals surface area (Å²) in [5.74, 6) is 0.383. The molecule has 0 aromatic heterocycles. The molecule has 0 radical (unpaired) electrons. The van der Waals surface area contributed by atoms with Crippen LogP contribution in [0.2, 0.25) is 0 Å². The molecule has 1 aliphatic rings. The van der Waals surface area contributed by atoms with Crippen molar-refractivity contribution >= 4 is 17.8 Å². The molecule has 23 heavy (non-hydrogen) atoms. The summed E-state index contributed by atoms with van der Waals surface area (Å²) in [5.41, 5.74) is 1.49. The van der Waals surface area contributed by atoms with Crippen LogP contribution >= 0.6 is 0 Å². The lowest BCUT2D eigenvalue weighted by atomic mass is 10.1. The van der Waals surface area contributed by atoms with Gasteiger partial charge in [0.1, 0.15) is 11.5 Å². The molecule has 0 saturated heterocycles. The topological polar surface area (TPSA) is 52.6 Å². The van der Waals surface area contributed by atoms with Gasteiger partial charge in [-0.15, -0.1) is 0 Å². The lowest BCUT2D eigenvalue weighted by molar-refractivity contribution is -0.131. The number of hydrogen-bond donors (Lipinski definition) is 0. The van der Waals surface area contributed by atoms with Crippen molar-refractivity contribution in [3.8, 4) is 11.5 Å². The summed E-state index contributed by atoms with van der Waals surface area (Å²) in [5, 5.41) is 0. The van der Waals surface area contributed by atoms with Gasteiger partial charge < -0.3 is 9.47 Å². The van der Waals surface area contributed by atoms with Crippen LogP contribution in [0.3, 0.4) is 0 Å². The monoisotopic (exact) mass is 306 g/mol. The number of ketones is 1. The molecule has 0 unspecified atom stereocenters. The molecule has 4 heteroatoms. The Bertz CT molecular complexity index is 817.